The highest BCUT2D eigenvalue weighted by Crippen LogP contribution is 2.34. The standard InChI is InChI=1S/C20H25FN4O3S/c21-15-2-1-3-16(12-15)22-19(26)25-6-4-20(27,5-7-25)17-14-29-18(23-17)13-24-8-10-28-11-9-24/h1-3,12,14,27H,4-11,13H2,(H,22,26). The number of piperidine rings is 1. The number of halogens is 1. The number of urea groups is 1. The molecule has 7 nitrogen and oxygen atoms in total. The first-order chi connectivity index (χ1) is 14.0. The molecule has 156 valence electrons. The summed E-state index contributed by atoms with van der Waals surface area (Å²) in [4.78, 5) is 21.0. The van der Waals surface area contributed by atoms with Crippen LogP contribution < -0.4 is 5.32 Å². The fourth-order valence-electron chi connectivity index (χ4n) is 3.65. The number of anilines is 1. The van der Waals surface area contributed by atoms with Crippen molar-refractivity contribution in [2.45, 2.75) is 25.0 Å². The van der Waals surface area contributed by atoms with E-state index in [0.29, 0.717) is 37.3 Å². The Morgan fingerprint density at radius 1 is 1.28 bits per heavy atom. The molecule has 2 fully saturated rings. The summed E-state index contributed by atoms with van der Waals surface area (Å²) in [6.07, 6.45) is 0.842. The highest BCUT2D eigenvalue weighted by atomic mass is 32.1. The van der Waals surface area contributed by atoms with E-state index in [0.717, 1.165) is 37.9 Å². The molecule has 9 heteroatoms. The summed E-state index contributed by atoms with van der Waals surface area (Å²) in [6, 6.07) is 5.52. The van der Waals surface area contributed by atoms with Crippen LogP contribution in [0.1, 0.15) is 23.5 Å². The average Bonchev–Trinajstić information content (AvgIpc) is 3.19. The zero-order valence-electron chi connectivity index (χ0n) is 16.1. The van der Waals surface area contributed by atoms with Crippen molar-refractivity contribution < 1.29 is 19.0 Å². The molecule has 4 rings (SSSR count). The highest BCUT2D eigenvalue weighted by Gasteiger charge is 2.37. The van der Waals surface area contributed by atoms with Gasteiger partial charge in [0.1, 0.15) is 16.4 Å². The number of aliphatic hydroxyl groups is 1. The third kappa shape index (κ3) is 4.92. The van der Waals surface area contributed by atoms with E-state index in [9.17, 15) is 14.3 Å². The average molecular weight is 421 g/mol. The molecular formula is C20H25FN4O3S. The lowest BCUT2D eigenvalue weighted by molar-refractivity contribution is -0.0191. The van der Waals surface area contributed by atoms with E-state index in [2.05, 4.69) is 15.2 Å². The summed E-state index contributed by atoms with van der Waals surface area (Å²) in [7, 11) is 0. The first kappa shape index (κ1) is 20.2. The predicted octanol–water partition coefficient (Wildman–Crippen LogP) is 2.63. The van der Waals surface area contributed by atoms with Crippen LogP contribution in [0.15, 0.2) is 29.6 Å². The first-order valence-electron chi connectivity index (χ1n) is 9.81. The van der Waals surface area contributed by atoms with Crippen molar-refractivity contribution in [1.29, 1.82) is 0 Å². The van der Waals surface area contributed by atoms with Crippen LogP contribution in [0.5, 0.6) is 0 Å². The number of aromatic nitrogens is 1. The van der Waals surface area contributed by atoms with Crippen molar-refractivity contribution in [2.24, 2.45) is 0 Å². The van der Waals surface area contributed by atoms with Gasteiger partial charge in [0.05, 0.1) is 25.5 Å². The molecule has 0 radical (unpaired) electrons. The first-order valence-corrected chi connectivity index (χ1v) is 10.7. The summed E-state index contributed by atoms with van der Waals surface area (Å²) in [6.45, 7) is 4.88. The number of benzene rings is 1. The van der Waals surface area contributed by atoms with E-state index in [1.807, 2.05) is 5.38 Å². The van der Waals surface area contributed by atoms with E-state index in [4.69, 9.17) is 4.74 Å². The topological polar surface area (TPSA) is 77.9 Å². The molecule has 1 aromatic heterocycles. The third-order valence-corrected chi connectivity index (χ3v) is 6.28. The smallest absolute Gasteiger partial charge is 0.321 e. The van der Waals surface area contributed by atoms with Gasteiger partial charge >= 0.3 is 6.03 Å². The quantitative estimate of drug-likeness (QED) is 0.795. The van der Waals surface area contributed by atoms with Crippen LogP contribution in [0, 0.1) is 5.82 Å². The molecule has 0 bridgehead atoms. The maximum absolute atomic E-state index is 13.3. The Morgan fingerprint density at radius 3 is 2.76 bits per heavy atom. The summed E-state index contributed by atoms with van der Waals surface area (Å²) >= 11 is 1.56. The second-order valence-electron chi connectivity index (χ2n) is 7.47. The Bertz CT molecular complexity index is 848. The van der Waals surface area contributed by atoms with Crippen molar-refractivity contribution in [2.75, 3.05) is 44.7 Å². The van der Waals surface area contributed by atoms with Gasteiger partial charge in [0.25, 0.3) is 0 Å². The highest BCUT2D eigenvalue weighted by molar-refractivity contribution is 7.09. The monoisotopic (exact) mass is 420 g/mol. The van der Waals surface area contributed by atoms with Crippen molar-refractivity contribution in [1.82, 2.24) is 14.8 Å². The summed E-state index contributed by atoms with van der Waals surface area (Å²) in [5, 5.41) is 16.7. The van der Waals surface area contributed by atoms with Crippen molar-refractivity contribution in [3.05, 3.63) is 46.2 Å². The number of hydrogen-bond donors (Lipinski definition) is 2. The minimum Gasteiger partial charge on any atom is -0.383 e. The van der Waals surface area contributed by atoms with Gasteiger partial charge in [0, 0.05) is 37.2 Å². The van der Waals surface area contributed by atoms with Gasteiger partial charge < -0.3 is 20.1 Å². The number of carbonyl (C=O) groups excluding carboxylic acids is 1. The number of rotatable bonds is 4. The molecule has 0 aliphatic carbocycles. The predicted molar refractivity (Wildman–Crippen MR) is 108 cm³/mol. The normalized spacial score (nSPS) is 19.9. The SMILES string of the molecule is O=C(Nc1cccc(F)c1)N1CCC(O)(c2csc(CN3CCOCC3)n2)CC1. The number of hydrogen-bond acceptors (Lipinski definition) is 6. The van der Waals surface area contributed by atoms with Crippen molar-refractivity contribution in [3.8, 4) is 0 Å². The molecule has 2 aliphatic rings. The third-order valence-electron chi connectivity index (χ3n) is 5.44. The Morgan fingerprint density at radius 2 is 2.03 bits per heavy atom. The molecular weight excluding hydrogens is 395 g/mol. The maximum atomic E-state index is 13.3. The molecule has 2 N–H and O–H groups in total. The van der Waals surface area contributed by atoms with Crippen LogP contribution >= 0.6 is 11.3 Å². The number of carbonyl (C=O) groups is 1. The fraction of sp³-hybridized carbons (Fsp3) is 0.500. The van der Waals surface area contributed by atoms with Gasteiger partial charge in [-0.05, 0) is 31.0 Å². The molecule has 3 heterocycles. The van der Waals surface area contributed by atoms with E-state index in [1.165, 1.54) is 12.1 Å². The molecule has 1 aromatic carbocycles. The summed E-state index contributed by atoms with van der Waals surface area (Å²) in [5.74, 6) is -0.396. The lowest BCUT2D eigenvalue weighted by Crippen LogP contribution is -2.46. The minimum atomic E-state index is -1.02. The summed E-state index contributed by atoms with van der Waals surface area (Å²) in [5.41, 5.74) is 0.0918. The Kier molecular flexibility index (Phi) is 6.09. The van der Waals surface area contributed by atoms with Gasteiger partial charge in [-0.25, -0.2) is 14.2 Å². The van der Waals surface area contributed by atoms with Gasteiger partial charge in [-0.1, -0.05) is 6.07 Å². The number of nitrogens with one attached hydrogen (secondary N) is 1. The molecule has 0 unspecified atom stereocenters. The molecule has 2 amide bonds. The number of nitrogens with zero attached hydrogens (tertiary/aromatic N) is 3. The molecule has 2 saturated heterocycles. The van der Waals surface area contributed by atoms with Crippen LogP contribution in [-0.2, 0) is 16.9 Å². The minimum absolute atomic E-state index is 0.288. The van der Waals surface area contributed by atoms with E-state index in [-0.39, 0.29) is 6.03 Å². The zero-order valence-corrected chi connectivity index (χ0v) is 17.0. The van der Waals surface area contributed by atoms with Crippen molar-refractivity contribution in [3.63, 3.8) is 0 Å². The van der Waals surface area contributed by atoms with Gasteiger partial charge in [-0.15, -0.1) is 11.3 Å². The number of morpholine rings is 1. The van der Waals surface area contributed by atoms with Crippen LogP contribution in [0.2, 0.25) is 0 Å². The van der Waals surface area contributed by atoms with Crippen LogP contribution in [0.25, 0.3) is 0 Å². The maximum Gasteiger partial charge on any atom is 0.321 e. The number of amides is 2. The van der Waals surface area contributed by atoms with E-state index < -0.39 is 11.4 Å². The number of ether oxygens (including phenoxy) is 1. The van der Waals surface area contributed by atoms with Gasteiger partial charge in [-0.2, -0.15) is 0 Å². The molecule has 0 saturated carbocycles. The molecule has 29 heavy (non-hydrogen) atoms. The fourth-order valence-corrected chi connectivity index (χ4v) is 4.58. The van der Waals surface area contributed by atoms with Crippen molar-refractivity contribution >= 4 is 23.1 Å². The second kappa shape index (κ2) is 8.74. The largest absolute Gasteiger partial charge is 0.383 e. The Labute approximate surface area is 173 Å². The van der Waals surface area contributed by atoms with Gasteiger partial charge in [0.15, 0.2) is 0 Å². The number of thiazole rings is 1. The van der Waals surface area contributed by atoms with E-state index >= 15 is 0 Å². The van der Waals surface area contributed by atoms with Gasteiger partial charge in [-0.3, -0.25) is 4.90 Å². The number of likely N-dealkylation sites (tertiary alicyclic amines) is 1. The zero-order chi connectivity index (χ0) is 20.3. The van der Waals surface area contributed by atoms with Crippen LogP contribution in [0.4, 0.5) is 14.9 Å². The molecule has 0 spiro atoms. The van der Waals surface area contributed by atoms with Crippen LogP contribution in [0.3, 0.4) is 0 Å². The Balaban J connectivity index is 1.32. The van der Waals surface area contributed by atoms with E-state index in [1.54, 1.807) is 28.4 Å². The molecule has 0 atom stereocenters. The second-order valence-corrected chi connectivity index (χ2v) is 8.42. The van der Waals surface area contributed by atoms with Crippen LogP contribution in [-0.4, -0.2) is 65.3 Å². The lowest BCUT2D eigenvalue weighted by atomic mass is 9.89. The summed E-state index contributed by atoms with van der Waals surface area (Å²) < 4.78 is 18.7. The lowest BCUT2D eigenvalue weighted by Gasteiger charge is -2.37. The molecule has 2 aliphatic heterocycles. The molecule has 2 aromatic rings. The van der Waals surface area contributed by atoms with Gasteiger partial charge in [0.2, 0.25) is 0 Å². The Hall–Kier alpha value is -2.07.